The molecule has 0 fully saturated rings. The van der Waals surface area contributed by atoms with Gasteiger partial charge >= 0.3 is 11.9 Å². The number of carbonyl (C=O) groups excluding carboxylic acids is 1. The molecule has 19 heavy (non-hydrogen) atoms. The van der Waals surface area contributed by atoms with Crippen LogP contribution in [0.4, 0.5) is 11.4 Å². The molecule has 2 rings (SSSR count). The van der Waals surface area contributed by atoms with Crippen LogP contribution in [0.25, 0.3) is 0 Å². The number of likely N-dealkylation sites (N-methyl/N-ethyl adjacent to an activating group) is 1. The molecule has 0 aromatic heterocycles. The molecule has 1 amide bonds. The molecular formula is C12H12N2O5. The third-order valence-corrected chi connectivity index (χ3v) is 2.89. The maximum absolute atomic E-state index is 11.8. The second-order valence-electron chi connectivity index (χ2n) is 4.24. The van der Waals surface area contributed by atoms with Crippen molar-refractivity contribution >= 4 is 29.2 Å². The van der Waals surface area contributed by atoms with Crippen LogP contribution in [0.5, 0.6) is 0 Å². The fraction of sp³-hybridized carbons (Fsp3) is 0.250. The standard InChI is InChI=1S/C12H12N2O5/c1-13-5-10(15)14(6-11(16)17)8-3-2-7(12(18)19)4-9(8)13/h2-4H,5-6H2,1H3,(H,16,17)(H,18,19). The van der Waals surface area contributed by atoms with Crippen LogP contribution in [0.1, 0.15) is 10.4 Å². The van der Waals surface area contributed by atoms with Crippen molar-refractivity contribution in [1.82, 2.24) is 0 Å². The Hall–Kier alpha value is -2.57. The average Bonchev–Trinajstić information content (AvgIpc) is 2.33. The second-order valence-corrected chi connectivity index (χ2v) is 4.24. The van der Waals surface area contributed by atoms with E-state index in [-0.39, 0.29) is 18.0 Å². The van der Waals surface area contributed by atoms with Gasteiger partial charge in [-0.2, -0.15) is 0 Å². The lowest BCUT2D eigenvalue weighted by Crippen LogP contribution is -2.46. The zero-order valence-corrected chi connectivity index (χ0v) is 10.2. The van der Waals surface area contributed by atoms with E-state index in [9.17, 15) is 14.4 Å². The molecule has 100 valence electrons. The highest BCUT2D eigenvalue weighted by molar-refractivity contribution is 6.06. The monoisotopic (exact) mass is 264 g/mol. The van der Waals surface area contributed by atoms with E-state index in [1.54, 1.807) is 11.9 Å². The molecule has 2 N–H and O–H groups in total. The number of aliphatic carboxylic acids is 1. The molecule has 0 saturated heterocycles. The number of amides is 1. The SMILES string of the molecule is CN1CC(=O)N(CC(=O)O)c2ccc(C(=O)O)cc21. The van der Waals surface area contributed by atoms with Gasteiger partial charge in [0.1, 0.15) is 6.54 Å². The largest absolute Gasteiger partial charge is 0.480 e. The van der Waals surface area contributed by atoms with Crippen LogP contribution in [-0.2, 0) is 9.59 Å². The Morgan fingerprint density at radius 2 is 1.95 bits per heavy atom. The Kier molecular flexibility index (Phi) is 3.12. The number of benzene rings is 1. The lowest BCUT2D eigenvalue weighted by Gasteiger charge is -2.34. The lowest BCUT2D eigenvalue weighted by molar-refractivity contribution is -0.136. The van der Waals surface area contributed by atoms with Gasteiger partial charge in [-0.05, 0) is 18.2 Å². The number of hydrogen-bond acceptors (Lipinski definition) is 4. The Bertz CT molecular complexity index is 569. The Morgan fingerprint density at radius 3 is 2.53 bits per heavy atom. The van der Waals surface area contributed by atoms with Gasteiger partial charge in [-0.25, -0.2) is 4.79 Å². The number of hydrogen-bond donors (Lipinski definition) is 2. The van der Waals surface area contributed by atoms with E-state index in [0.717, 1.165) is 4.90 Å². The number of nitrogens with zero attached hydrogens (tertiary/aromatic N) is 2. The van der Waals surface area contributed by atoms with Crippen molar-refractivity contribution in [3.05, 3.63) is 23.8 Å². The van der Waals surface area contributed by atoms with Gasteiger partial charge < -0.3 is 15.1 Å². The Labute approximate surface area is 108 Å². The molecule has 7 nitrogen and oxygen atoms in total. The van der Waals surface area contributed by atoms with Crippen LogP contribution in [0, 0.1) is 0 Å². The molecule has 0 radical (unpaired) electrons. The van der Waals surface area contributed by atoms with Gasteiger partial charge in [-0.15, -0.1) is 0 Å². The summed E-state index contributed by atoms with van der Waals surface area (Å²) >= 11 is 0. The van der Waals surface area contributed by atoms with Crippen LogP contribution >= 0.6 is 0 Å². The normalized spacial score (nSPS) is 14.3. The highest BCUT2D eigenvalue weighted by Crippen LogP contribution is 2.33. The topological polar surface area (TPSA) is 98.2 Å². The van der Waals surface area contributed by atoms with Crippen molar-refractivity contribution in [3.63, 3.8) is 0 Å². The summed E-state index contributed by atoms with van der Waals surface area (Å²) in [5, 5.41) is 17.8. The van der Waals surface area contributed by atoms with Crippen LogP contribution < -0.4 is 9.80 Å². The molecule has 1 aliphatic heterocycles. The number of carboxylic acid groups (broad SMARTS) is 2. The molecule has 0 aliphatic carbocycles. The van der Waals surface area contributed by atoms with Crippen LogP contribution in [0.3, 0.4) is 0 Å². The molecule has 0 spiro atoms. The van der Waals surface area contributed by atoms with Gasteiger partial charge in [0, 0.05) is 7.05 Å². The minimum Gasteiger partial charge on any atom is -0.480 e. The minimum atomic E-state index is -1.12. The summed E-state index contributed by atoms with van der Waals surface area (Å²) in [4.78, 5) is 36.3. The zero-order valence-electron chi connectivity index (χ0n) is 10.2. The van der Waals surface area contributed by atoms with Crippen molar-refractivity contribution in [3.8, 4) is 0 Å². The van der Waals surface area contributed by atoms with Gasteiger partial charge in [0.05, 0.1) is 23.5 Å². The van der Waals surface area contributed by atoms with E-state index in [4.69, 9.17) is 10.2 Å². The smallest absolute Gasteiger partial charge is 0.335 e. The third kappa shape index (κ3) is 2.35. The highest BCUT2D eigenvalue weighted by atomic mass is 16.4. The molecule has 0 atom stereocenters. The molecule has 0 bridgehead atoms. The summed E-state index contributed by atoms with van der Waals surface area (Å²) in [6, 6.07) is 4.23. The maximum atomic E-state index is 11.8. The Balaban J connectivity index is 2.49. The lowest BCUT2D eigenvalue weighted by atomic mass is 10.1. The first-order valence-electron chi connectivity index (χ1n) is 5.51. The summed E-state index contributed by atoms with van der Waals surface area (Å²) in [7, 11) is 1.65. The summed E-state index contributed by atoms with van der Waals surface area (Å²) < 4.78 is 0. The van der Waals surface area contributed by atoms with Crippen molar-refractivity contribution in [1.29, 1.82) is 0 Å². The number of rotatable bonds is 3. The van der Waals surface area contributed by atoms with E-state index in [1.807, 2.05) is 0 Å². The third-order valence-electron chi connectivity index (χ3n) is 2.89. The van der Waals surface area contributed by atoms with Gasteiger partial charge in [0.25, 0.3) is 0 Å². The molecular weight excluding hydrogens is 252 g/mol. The number of aromatic carboxylic acids is 1. The predicted molar refractivity (Wildman–Crippen MR) is 66.7 cm³/mol. The van der Waals surface area contributed by atoms with E-state index < -0.39 is 18.5 Å². The summed E-state index contributed by atoms with van der Waals surface area (Å²) in [5.41, 5.74) is 1.03. The summed E-state index contributed by atoms with van der Waals surface area (Å²) in [5.74, 6) is -2.52. The molecule has 7 heteroatoms. The molecule has 1 heterocycles. The van der Waals surface area contributed by atoms with Gasteiger partial charge in [0.15, 0.2) is 0 Å². The first kappa shape index (κ1) is 12.9. The van der Waals surface area contributed by atoms with E-state index in [0.29, 0.717) is 11.4 Å². The fourth-order valence-corrected chi connectivity index (χ4v) is 2.01. The first-order valence-corrected chi connectivity index (χ1v) is 5.51. The van der Waals surface area contributed by atoms with E-state index in [1.165, 1.54) is 18.2 Å². The van der Waals surface area contributed by atoms with E-state index >= 15 is 0 Å². The predicted octanol–water partition coefficient (Wildman–Crippen LogP) is 0.252. The van der Waals surface area contributed by atoms with Crippen molar-refractivity contribution in [2.24, 2.45) is 0 Å². The minimum absolute atomic E-state index is 0.0172. The van der Waals surface area contributed by atoms with Crippen molar-refractivity contribution in [2.75, 3.05) is 29.9 Å². The number of carboxylic acids is 2. The summed E-state index contributed by atoms with van der Waals surface area (Å²) in [6.07, 6.45) is 0. The summed E-state index contributed by atoms with van der Waals surface area (Å²) in [6.45, 7) is -0.421. The van der Waals surface area contributed by atoms with Crippen LogP contribution in [-0.4, -0.2) is 48.2 Å². The van der Waals surface area contributed by atoms with E-state index in [2.05, 4.69) is 0 Å². The van der Waals surface area contributed by atoms with Gasteiger partial charge in [0.2, 0.25) is 5.91 Å². The first-order chi connectivity index (χ1) is 8.90. The van der Waals surface area contributed by atoms with Gasteiger partial charge in [-0.3, -0.25) is 14.5 Å². The molecule has 0 saturated carbocycles. The number of carbonyl (C=O) groups is 3. The average molecular weight is 264 g/mol. The maximum Gasteiger partial charge on any atom is 0.335 e. The molecule has 0 unspecified atom stereocenters. The number of anilines is 2. The van der Waals surface area contributed by atoms with Gasteiger partial charge in [-0.1, -0.05) is 0 Å². The van der Waals surface area contributed by atoms with Crippen LogP contribution in [0.2, 0.25) is 0 Å². The van der Waals surface area contributed by atoms with Crippen LogP contribution in [0.15, 0.2) is 18.2 Å². The molecule has 1 aromatic rings. The van der Waals surface area contributed by atoms with Crippen molar-refractivity contribution < 1.29 is 24.6 Å². The fourth-order valence-electron chi connectivity index (χ4n) is 2.01. The second kappa shape index (κ2) is 4.60. The molecule has 1 aromatic carbocycles. The Morgan fingerprint density at radius 1 is 1.26 bits per heavy atom. The molecule has 1 aliphatic rings. The number of fused-ring (bicyclic) bond motifs is 1. The zero-order chi connectivity index (χ0) is 14.2. The van der Waals surface area contributed by atoms with Crippen molar-refractivity contribution in [2.45, 2.75) is 0 Å². The highest BCUT2D eigenvalue weighted by Gasteiger charge is 2.29. The quantitative estimate of drug-likeness (QED) is 0.812.